The second kappa shape index (κ2) is 9.47. The lowest BCUT2D eigenvalue weighted by atomic mass is 10.1. The van der Waals surface area contributed by atoms with Gasteiger partial charge in [-0.1, -0.05) is 6.92 Å². The van der Waals surface area contributed by atoms with Crippen molar-refractivity contribution in [3.05, 3.63) is 63.9 Å². The minimum atomic E-state index is -4.75. The van der Waals surface area contributed by atoms with Crippen LogP contribution in [0.25, 0.3) is 16.7 Å². The van der Waals surface area contributed by atoms with Gasteiger partial charge in [0, 0.05) is 24.7 Å². The highest BCUT2D eigenvalue weighted by Gasteiger charge is 2.40. The minimum Gasteiger partial charge on any atom is -0.351 e. The van der Waals surface area contributed by atoms with Crippen molar-refractivity contribution in [3.8, 4) is 5.69 Å². The Bertz CT molecular complexity index is 1370. The van der Waals surface area contributed by atoms with Crippen LogP contribution in [0.2, 0.25) is 0 Å². The maximum atomic E-state index is 14.8. The summed E-state index contributed by atoms with van der Waals surface area (Å²) in [5.74, 6) is -2.96. The lowest BCUT2D eigenvalue weighted by molar-refractivity contribution is -0.153. The van der Waals surface area contributed by atoms with Gasteiger partial charge in [0.25, 0.3) is 5.91 Å². The Kier molecular flexibility index (Phi) is 6.72. The molecule has 3 atom stereocenters. The Morgan fingerprint density at radius 3 is 2.53 bits per heavy atom. The van der Waals surface area contributed by atoms with E-state index in [-0.39, 0.29) is 41.5 Å². The monoisotopic (exact) mass is 512 g/mol. The average molecular weight is 512 g/mol. The number of rotatable bonds is 5. The molecule has 0 saturated carbocycles. The molecule has 192 valence electrons. The summed E-state index contributed by atoms with van der Waals surface area (Å²) in [6.45, 7) is 3.05. The molecule has 2 aromatic heterocycles. The third-order valence-electron chi connectivity index (χ3n) is 6.18. The molecule has 1 unspecified atom stereocenters. The molecule has 0 spiro atoms. The number of pyridine rings is 2. The van der Waals surface area contributed by atoms with Crippen molar-refractivity contribution in [1.82, 2.24) is 14.9 Å². The van der Waals surface area contributed by atoms with E-state index in [4.69, 9.17) is 0 Å². The maximum Gasteiger partial charge on any atom is 0.408 e. The van der Waals surface area contributed by atoms with E-state index in [9.17, 15) is 35.9 Å². The van der Waals surface area contributed by atoms with Crippen molar-refractivity contribution in [3.63, 3.8) is 0 Å². The number of halogens is 6. The number of carbonyl (C=O) groups excluding carboxylic acids is 1. The van der Waals surface area contributed by atoms with Crippen molar-refractivity contribution in [2.75, 3.05) is 11.4 Å². The maximum absolute atomic E-state index is 14.8. The molecular weight excluding hydrogens is 490 g/mol. The fraction of sp³-hybridized carbons (Fsp3) is 0.375. The summed E-state index contributed by atoms with van der Waals surface area (Å²) in [4.78, 5) is 32.0. The number of hydrogen-bond acceptors (Lipinski definition) is 4. The van der Waals surface area contributed by atoms with Gasteiger partial charge in [0.2, 0.25) is 5.43 Å². The first-order valence-corrected chi connectivity index (χ1v) is 11.2. The number of aromatic nitrogens is 2. The number of alkyl halides is 4. The molecule has 1 amide bonds. The molecule has 3 aromatic rings. The molecule has 1 aromatic carbocycles. The van der Waals surface area contributed by atoms with Gasteiger partial charge in [0.05, 0.1) is 17.6 Å². The van der Waals surface area contributed by atoms with E-state index in [1.165, 1.54) is 19.1 Å². The summed E-state index contributed by atoms with van der Waals surface area (Å²) in [5, 5.41) is 1.61. The normalized spacial score (nSPS) is 19.1. The molecule has 6 nitrogen and oxygen atoms in total. The highest BCUT2D eigenvalue weighted by atomic mass is 19.4. The summed E-state index contributed by atoms with van der Waals surface area (Å²) in [6, 6.07) is 2.87. The van der Waals surface area contributed by atoms with E-state index in [1.54, 1.807) is 17.1 Å². The quantitative estimate of drug-likeness (QED) is 0.505. The Labute approximate surface area is 201 Å². The summed E-state index contributed by atoms with van der Waals surface area (Å²) in [5.41, 5.74) is -2.02. The molecule has 1 saturated heterocycles. The average Bonchev–Trinajstić information content (AvgIpc) is 3.14. The van der Waals surface area contributed by atoms with Gasteiger partial charge in [-0.2, -0.15) is 13.2 Å². The third-order valence-corrected chi connectivity index (χ3v) is 6.18. The van der Waals surface area contributed by atoms with E-state index in [1.807, 2.05) is 0 Å². The summed E-state index contributed by atoms with van der Waals surface area (Å²) in [6.07, 6.45) is -5.18. The molecule has 1 N–H and O–H groups in total. The first kappa shape index (κ1) is 25.5. The zero-order valence-electron chi connectivity index (χ0n) is 19.2. The number of carbonyl (C=O) groups is 1. The molecule has 1 fully saturated rings. The third kappa shape index (κ3) is 4.76. The summed E-state index contributed by atoms with van der Waals surface area (Å²) in [7, 11) is 0. The molecular formula is C24H22F6N4O2. The predicted molar refractivity (Wildman–Crippen MR) is 121 cm³/mol. The van der Waals surface area contributed by atoms with Gasteiger partial charge in [0.1, 0.15) is 35.2 Å². The number of amides is 1. The predicted octanol–water partition coefficient (Wildman–Crippen LogP) is 4.67. The van der Waals surface area contributed by atoms with Crippen LogP contribution in [-0.4, -0.2) is 46.4 Å². The van der Waals surface area contributed by atoms with Crippen LogP contribution in [-0.2, 0) is 0 Å². The number of hydrogen-bond donors (Lipinski definition) is 1. The fourth-order valence-electron chi connectivity index (χ4n) is 4.31. The number of nitrogens with one attached hydrogen (secondary N) is 1. The van der Waals surface area contributed by atoms with Crippen molar-refractivity contribution in [1.29, 1.82) is 0 Å². The second-order valence-electron chi connectivity index (χ2n) is 8.69. The van der Waals surface area contributed by atoms with E-state index < -0.39 is 53.3 Å². The Morgan fingerprint density at radius 1 is 1.22 bits per heavy atom. The van der Waals surface area contributed by atoms with Gasteiger partial charge in [-0.25, -0.2) is 18.2 Å². The highest BCUT2D eigenvalue weighted by molar-refractivity contribution is 5.97. The number of nitrogens with zero attached hydrogens (tertiary/aromatic N) is 3. The van der Waals surface area contributed by atoms with E-state index in [0.717, 1.165) is 22.9 Å². The highest BCUT2D eigenvalue weighted by Crippen LogP contribution is 2.28. The van der Waals surface area contributed by atoms with Gasteiger partial charge in [-0.05, 0) is 37.6 Å². The van der Waals surface area contributed by atoms with E-state index in [0.29, 0.717) is 6.07 Å². The first-order valence-electron chi connectivity index (χ1n) is 11.2. The van der Waals surface area contributed by atoms with Crippen LogP contribution in [0.3, 0.4) is 0 Å². The molecule has 4 rings (SSSR count). The van der Waals surface area contributed by atoms with Gasteiger partial charge in [-0.3, -0.25) is 14.2 Å². The molecule has 1 aliphatic heterocycles. The molecule has 36 heavy (non-hydrogen) atoms. The van der Waals surface area contributed by atoms with Gasteiger partial charge >= 0.3 is 6.18 Å². The first-order chi connectivity index (χ1) is 16.9. The molecule has 1 aliphatic rings. The lowest BCUT2D eigenvalue weighted by Gasteiger charge is -2.23. The zero-order chi connectivity index (χ0) is 26.4. The molecule has 12 heteroatoms. The second-order valence-corrected chi connectivity index (χ2v) is 8.69. The molecule has 0 aliphatic carbocycles. The van der Waals surface area contributed by atoms with E-state index >= 15 is 0 Å². The van der Waals surface area contributed by atoms with Crippen LogP contribution < -0.4 is 15.6 Å². The van der Waals surface area contributed by atoms with Crippen LogP contribution in [0.4, 0.5) is 32.2 Å². The van der Waals surface area contributed by atoms with Gasteiger partial charge < -0.3 is 10.2 Å². The SMILES string of the molecule is CCC(NC(=O)c1cn(-c2ccc(F)cc2F)c2nc(N3C[C@@H](F)C[C@H]3C)ccc2c1=O)C(F)(F)F. The fourth-order valence-corrected chi connectivity index (χ4v) is 4.31. The van der Waals surface area contributed by atoms with Gasteiger partial charge in [-0.15, -0.1) is 0 Å². The van der Waals surface area contributed by atoms with Gasteiger partial charge in [0.15, 0.2) is 5.65 Å². The largest absolute Gasteiger partial charge is 0.408 e. The standard InChI is InChI=1S/C24H22F6N4O2/c1-3-19(24(28,29)30)31-23(36)16-11-34(18-6-4-13(25)9-17(18)27)22-15(21(16)35)5-7-20(32-22)33-10-14(26)8-12(33)2/h4-7,9,11-12,14,19H,3,8,10H2,1-2H3,(H,31,36)/t12-,14+,19?/m1/s1. The van der Waals surface area contributed by atoms with Crippen LogP contribution in [0, 0.1) is 11.6 Å². The Hall–Kier alpha value is -3.57. The number of benzene rings is 1. The Morgan fingerprint density at radius 2 is 1.94 bits per heavy atom. The van der Waals surface area contributed by atoms with E-state index in [2.05, 4.69) is 4.98 Å². The zero-order valence-corrected chi connectivity index (χ0v) is 19.2. The summed E-state index contributed by atoms with van der Waals surface area (Å²) < 4.78 is 82.9. The van der Waals surface area contributed by atoms with Crippen molar-refractivity contribution in [2.45, 2.75) is 51.1 Å². The number of fused-ring (bicyclic) bond motifs is 1. The van der Waals surface area contributed by atoms with Crippen molar-refractivity contribution < 1.29 is 31.1 Å². The van der Waals surface area contributed by atoms with Crippen LogP contribution in [0.1, 0.15) is 37.0 Å². The van der Waals surface area contributed by atoms with Crippen LogP contribution in [0.5, 0.6) is 0 Å². The minimum absolute atomic E-state index is 0.0468. The van der Waals surface area contributed by atoms with Crippen molar-refractivity contribution >= 4 is 22.8 Å². The van der Waals surface area contributed by atoms with Crippen LogP contribution >= 0.6 is 0 Å². The smallest absolute Gasteiger partial charge is 0.351 e. The summed E-state index contributed by atoms with van der Waals surface area (Å²) >= 11 is 0. The lowest BCUT2D eigenvalue weighted by Crippen LogP contribution is -2.46. The Balaban J connectivity index is 1.92. The molecule has 0 bridgehead atoms. The number of anilines is 1. The van der Waals surface area contributed by atoms with Crippen LogP contribution in [0.15, 0.2) is 41.3 Å². The molecule has 3 heterocycles. The molecule has 0 radical (unpaired) electrons. The topological polar surface area (TPSA) is 67.2 Å². The van der Waals surface area contributed by atoms with Crippen molar-refractivity contribution in [2.24, 2.45) is 0 Å².